The summed E-state index contributed by atoms with van der Waals surface area (Å²) in [5.41, 5.74) is 6.17. The summed E-state index contributed by atoms with van der Waals surface area (Å²) in [6.07, 6.45) is 1.45. The van der Waals surface area contributed by atoms with Crippen molar-refractivity contribution >= 4 is 11.7 Å². The number of nitrogens with zero attached hydrogens (tertiary/aromatic N) is 1. The summed E-state index contributed by atoms with van der Waals surface area (Å²) in [7, 11) is 3.39. The Morgan fingerprint density at radius 3 is 2.56 bits per heavy atom. The minimum atomic E-state index is -0.897. The molecule has 0 aromatic heterocycles. The van der Waals surface area contributed by atoms with E-state index in [-0.39, 0.29) is 5.97 Å². The molecule has 0 saturated heterocycles. The molecule has 0 radical (unpaired) electrons. The van der Waals surface area contributed by atoms with Crippen molar-refractivity contribution in [2.45, 2.75) is 25.3 Å². The van der Waals surface area contributed by atoms with Crippen LogP contribution in [-0.2, 0) is 9.53 Å². The van der Waals surface area contributed by atoms with Crippen LogP contribution in [0.1, 0.15) is 19.8 Å². The van der Waals surface area contributed by atoms with Crippen LogP contribution in [-0.4, -0.2) is 32.2 Å². The monoisotopic (exact) mass is 250 g/mol. The van der Waals surface area contributed by atoms with Crippen molar-refractivity contribution in [3.05, 3.63) is 30.3 Å². The fourth-order valence-corrected chi connectivity index (χ4v) is 1.83. The van der Waals surface area contributed by atoms with Crippen molar-refractivity contribution in [1.82, 2.24) is 0 Å². The molecule has 0 aliphatic rings. The van der Waals surface area contributed by atoms with Crippen LogP contribution >= 0.6 is 0 Å². The SMILES string of the molecule is COC(=O)C(C)(N)CCCN(C)c1ccccc1. The van der Waals surface area contributed by atoms with Gasteiger partial charge in [0, 0.05) is 19.3 Å². The first-order chi connectivity index (χ1) is 8.47. The summed E-state index contributed by atoms with van der Waals surface area (Å²) in [5.74, 6) is -0.357. The normalized spacial score (nSPS) is 13.8. The molecular weight excluding hydrogens is 228 g/mol. The fourth-order valence-electron chi connectivity index (χ4n) is 1.83. The Morgan fingerprint density at radius 1 is 1.39 bits per heavy atom. The average Bonchev–Trinajstić information content (AvgIpc) is 2.38. The van der Waals surface area contributed by atoms with E-state index in [4.69, 9.17) is 5.73 Å². The summed E-state index contributed by atoms with van der Waals surface area (Å²) >= 11 is 0. The van der Waals surface area contributed by atoms with Crippen LogP contribution in [0.15, 0.2) is 30.3 Å². The third-order valence-electron chi connectivity index (χ3n) is 3.04. The third-order valence-corrected chi connectivity index (χ3v) is 3.04. The molecule has 0 fully saturated rings. The highest BCUT2D eigenvalue weighted by molar-refractivity contribution is 5.79. The van der Waals surface area contributed by atoms with Gasteiger partial charge in [0.1, 0.15) is 5.54 Å². The van der Waals surface area contributed by atoms with E-state index in [2.05, 4.69) is 21.8 Å². The van der Waals surface area contributed by atoms with Crippen molar-refractivity contribution in [3.63, 3.8) is 0 Å². The molecule has 4 heteroatoms. The van der Waals surface area contributed by atoms with E-state index in [1.807, 2.05) is 25.2 Å². The standard InChI is InChI=1S/C14H22N2O2/c1-14(15,13(17)18-3)10-7-11-16(2)12-8-5-4-6-9-12/h4-6,8-9H,7,10-11,15H2,1-3H3. The van der Waals surface area contributed by atoms with Crippen molar-refractivity contribution in [1.29, 1.82) is 0 Å². The molecule has 0 aliphatic carbocycles. The van der Waals surface area contributed by atoms with Crippen LogP contribution in [0, 0.1) is 0 Å². The number of ether oxygens (including phenoxy) is 1. The molecule has 0 bridgehead atoms. The number of anilines is 1. The summed E-state index contributed by atoms with van der Waals surface area (Å²) in [5, 5.41) is 0. The van der Waals surface area contributed by atoms with E-state index in [1.54, 1.807) is 6.92 Å². The number of methoxy groups -OCH3 is 1. The molecule has 0 spiro atoms. The van der Waals surface area contributed by atoms with Crippen LogP contribution in [0.4, 0.5) is 5.69 Å². The predicted molar refractivity (Wildman–Crippen MR) is 73.6 cm³/mol. The van der Waals surface area contributed by atoms with Gasteiger partial charge in [-0.3, -0.25) is 4.79 Å². The molecule has 100 valence electrons. The van der Waals surface area contributed by atoms with Crippen LogP contribution in [0.5, 0.6) is 0 Å². The van der Waals surface area contributed by atoms with Gasteiger partial charge in [-0.1, -0.05) is 18.2 Å². The van der Waals surface area contributed by atoms with Crippen LogP contribution in [0.3, 0.4) is 0 Å². The molecule has 1 atom stereocenters. The minimum Gasteiger partial charge on any atom is -0.468 e. The summed E-state index contributed by atoms with van der Waals surface area (Å²) < 4.78 is 4.68. The lowest BCUT2D eigenvalue weighted by atomic mass is 9.97. The topological polar surface area (TPSA) is 55.6 Å². The predicted octanol–water partition coefficient (Wildman–Crippen LogP) is 1.79. The molecule has 1 aromatic carbocycles. The van der Waals surface area contributed by atoms with Crippen LogP contribution in [0.2, 0.25) is 0 Å². The number of hydrogen-bond donors (Lipinski definition) is 1. The van der Waals surface area contributed by atoms with Crippen molar-refractivity contribution in [2.24, 2.45) is 5.73 Å². The average molecular weight is 250 g/mol. The molecule has 2 N–H and O–H groups in total. The maximum Gasteiger partial charge on any atom is 0.325 e. The lowest BCUT2D eigenvalue weighted by Crippen LogP contribution is -2.46. The Hall–Kier alpha value is -1.55. The maximum absolute atomic E-state index is 11.4. The molecule has 18 heavy (non-hydrogen) atoms. The van der Waals surface area contributed by atoms with Gasteiger partial charge >= 0.3 is 5.97 Å². The van der Waals surface area contributed by atoms with E-state index in [0.29, 0.717) is 6.42 Å². The Bertz CT molecular complexity index is 377. The molecule has 0 amide bonds. The van der Waals surface area contributed by atoms with Gasteiger partial charge in [-0.15, -0.1) is 0 Å². The van der Waals surface area contributed by atoms with Gasteiger partial charge in [-0.2, -0.15) is 0 Å². The molecule has 1 rings (SSSR count). The largest absolute Gasteiger partial charge is 0.468 e. The number of nitrogens with two attached hydrogens (primary N) is 1. The van der Waals surface area contributed by atoms with Crippen LogP contribution in [0.25, 0.3) is 0 Å². The van der Waals surface area contributed by atoms with E-state index < -0.39 is 5.54 Å². The highest BCUT2D eigenvalue weighted by Crippen LogP contribution is 2.15. The highest BCUT2D eigenvalue weighted by Gasteiger charge is 2.28. The molecular formula is C14H22N2O2. The van der Waals surface area contributed by atoms with Gasteiger partial charge < -0.3 is 15.4 Å². The van der Waals surface area contributed by atoms with Gasteiger partial charge in [-0.05, 0) is 31.9 Å². The summed E-state index contributed by atoms with van der Waals surface area (Å²) in [6.45, 7) is 2.56. The summed E-state index contributed by atoms with van der Waals surface area (Å²) in [4.78, 5) is 13.6. The van der Waals surface area contributed by atoms with Crippen LogP contribution < -0.4 is 10.6 Å². The minimum absolute atomic E-state index is 0.357. The molecule has 0 aliphatic heterocycles. The number of benzene rings is 1. The Kier molecular flexibility index (Phi) is 5.16. The first kappa shape index (κ1) is 14.5. The number of rotatable bonds is 6. The Labute approximate surface area is 109 Å². The zero-order valence-corrected chi connectivity index (χ0v) is 11.3. The van der Waals surface area contributed by atoms with E-state index in [9.17, 15) is 4.79 Å². The van der Waals surface area contributed by atoms with Gasteiger partial charge in [0.05, 0.1) is 7.11 Å². The lowest BCUT2D eigenvalue weighted by Gasteiger charge is -2.24. The maximum atomic E-state index is 11.4. The first-order valence-corrected chi connectivity index (χ1v) is 6.11. The number of carbonyl (C=O) groups excluding carboxylic acids is 1. The Morgan fingerprint density at radius 2 is 2.00 bits per heavy atom. The van der Waals surface area contributed by atoms with E-state index in [1.165, 1.54) is 7.11 Å². The smallest absolute Gasteiger partial charge is 0.325 e. The van der Waals surface area contributed by atoms with E-state index in [0.717, 1.165) is 18.7 Å². The van der Waals surface area contributed by atoms with E-state index >= 15 is 0 Å². The first-order valence-electron chi connectivity index (χ1n) is 6.11. The third kappa shape index (κ3) is 4.04. The molecule has 1 aromatic rings. The van der Waals surface area contributed by atoms with Crippen molar-refractivity contribution < 1.29 is 9.53 Å². The Balaban J connectivity index is 2.40. The number of hydrogen-bond acceptors (Lipinski definition) is 4. The highest BCUT2D eigenvalue weighted by atomic mass is 16.5. The number of carbonyl (C=O) groups is 1. The second kappa shape index (κ2) is 6.40. The molecule has 0 heterocycles. The quantitative estimate of drug-likeness (QED) is 0.782. The molecule has 1 unspecified atom stereocenters. The fraction of sp³-hybridized carbons (Fsp3) is 0.500. The number of esters is 1. The van der Waals surface area contributed by atoms with Gasteiger partial charge in [0.15, 0.2) is 0 Å². The van der Waals surface area contributed by atoms with Gasteiger partial charge in [0.25, 0.3) is 0 Å². The van der Waals surface area contributed by atoms with Crippen molar-refractivity contribution in [2.75, 3.05) is 25.6 Å². The zero-order valence-electron chi connectivity index (χ0n) is 11.3. The second-order valence-corrected chi connectivity index (χ2v) is 4.77. The van der Waals surface area contributed by atoms with Gasteiger partial charge in [-0.25, -0.2) is 0 Å². The summed E-state index contributed by atoms with van der Waals surface area (Å²) in [6, 6.07) is 10.1. The zero-order chi connectivity index (χ0) is 13.6. The molecule has 0 saturated carbocycles. The number of para-hydroxylation sites is 1. The molecule has 4 nitrogen and oxygen atoms in total. The van der Waals surface area contributed by atoms with Gasteiger partial charge in [0.2, 0.25) is 0 Å². The second-order valence-electron chi connectivity index (χ2n) is 4.77. The van der Waals surface area contributed by atoms with Crippen molar-refractivity contribution in [3.8, 4) is 0 Å². The lowest BCUT2D eigenvalue weighted by molar-refractivity contribution is -0.146.